The maximum Gasteiger partial charge on any atom is 0.257 e. The zero-order valence-electron chi connectivity index (χ0n) is 7.42. The van der Waals surface area contributed by atoms with Crippen molar-refractivity contribution in [3.05, 3.63) is 11.4 Å². The van der Waals surface area contributed by atoms with E-state index >= 15 is 0 Å². The first kappa shape index (κ1) is 12.2. The van der Waals surface area contributed by atoms with E-state index in [1.165, 1.54) is 4.68 Å². The van der Waals surface area contributed by atoms with Gasteiger partial charge in [0.15, 0.2) is 0 Å². The Morgan fingerprint density at radius 1 is 1.46 bits per heavy atom. The van der Waals surface area contributed by atoms with E-state index in [1.54, 1.807) is 13.8 Å². The monoisotopic (exact) mass is 211 g/mol. The molecule has 0 spiro atoms. The molecule has 0 aromatic carbocycles. The molecule has 3 nitrogen and oxygen atoms in total. The molecule has 0 aliphatic carbocycles. The fourth-order valence-corrected chi connectivity index (χ4v) is 1.02. The minimum absolute atomic E-state index is 0. The average Bonchev–Trinajstić information content (AvgIpc) is 2.17. The quantitative estimate of drug-likeness (QED) is 0.810. The van der Waals surface area contributed by atoms with Crippen molar-refractivity contribution in [1.29, 1.82) is 0 Å². The summed E-state index contributed by atoms with van der Waals surface area (Å²) < 4.78 is 25.1. The summed E-state index contributed by atoms with van der Waals surface area (Å²) in [6.07, 6.45) is -2.39. The summed E-state index contributed by atoms with van der Waals surface area (Å²) in [4.78, 5) is 0. The third-order valence-corrected chi connectivity index (χ3v) is 1.75. The van der Waals surface area contributed by atoms with Gasteiger partial charge in [0.1, 0.15) is 6.54 Å². The highest BCUT2D eigenvalue weighted by Gasteiger charge is 2.11. The van der Waals surface area contributed by atoms with Crippen LogP contribution in [0, 0.1) is 13.8 Å². The van der Waals surface area contributed by atoms with Gasteiger partial charge in [-0.2, -0.15) is 5.10 Å². The topological polar surface area (TPSA) is 43.8 Å². The first-order valence-corrected chi connectivity index (χ1v) is 3.60. The van der Waals surface area contributed by atoms with E-state index < -0.39 is 6.43 Å². The van der Waals surface area contributed by atoms with Crippen molar-refractivity contribution < 1.29 is 8.78 Å². The summed E-state index contributed by atoms with van der Waals surface area (Å²) >= 11 is 0. The van der Waals surface area contributed by atoms with Crippen molar-refractivity contribution in [2.45, 2.75) is 26.8 Å². The van der Waals surface area contributed by atoms with Crippen LogP contribution in [0.4, 0.5) is 14.5 Å². The number of halogens is 3. The maximum atomic E-state index is 11.9. The van der Waals surface area contributed by atoms with Crippen molar-refractivity contribution in [1.82, 2.24) is 9.78 Å². The second-order valence-corrected chi connectivity index (χ2v) is 2.66. The molecule has 1 heterocycles. The smallest absolute Gasteiger partial charge is 0.257 e. The highest BCUT2D eigenvalue weighted by molar-refractivity contribution is 5.85. The molecule has 76 valence electrons. The molecule has 0 unspecified atom stereocenters. The Bertz CT molecular complexity index is 286. The number of rotatable bonds is 2. The Hall–Kier alpha value is -0.840. The second kappa shape index (κ2) is 4.41. The van der Waals surface area contributed by atoms with Gasteiger partial charge >= 0.3 is 0 Å². The van der Waals surface area contributed by atoms with E-state index in [9.17, 15) is 8.78 Å². The zero-order chi connectivity index (χ0) is 9.30. The minimum Gasteiger partial charge on any atom is -0.396 e. The molecule has 1 aromatic rings. The van der Waals surface area contributed by atoms with Gasteiger partial charge in [0.2, 0.25) is 0 Å². The van der Waals surface area contributed by atoms with E-state index in [1.807, 2.05) is 0 Å². The number of anilines is 1. The number of hydrogen-bond donors (Lipinski definition) is 1. The van der Waals surface area contributed by atoms with Crippen molar-refractivity contribution in [3.8, 4) is 0 Å². The van der Waals surface area contributed by atoms with Crippen LogP contribution in [-0.4, -0.2) is 16.2 Å². The summed E-state index contributed by atoms with van der Waals surface area (Å²) in [5.41, 5.74) is 7.26. The first-order valence-electron chi connectivity index (χ1n) is 3.60. The molecule has 0 aliphatic rings. The summed E-state index contributed by atoms with van der Waals surface area (Å²) in [7, 11) is 0. The third-order valence-electron chi connectivity index (χ3n) is 1.75. The van der Waals surface area contributed by atoms with Gasteiger partial charge in [0, 0.05) is 0 Å². The van der Waals surface area contributed by atoms with Crippen LogP contribution in [0.3, 0.4) is 0 Å². The number of aromatic nitrogens is 2. The van der Waals surface area contributed by atoms with Crippen LogP contribution in [-0.2, 0) is 6.54 Å². The lowest BCUT2D eigenvalue weighted by atomic mass is 10.3. The Kier molecular flexibility index (Phi) is 4.13. The molecule has 13 heavy (non-hydrogen) atoms. The van der Waals surface area contributed by atoms with Crippen LogP contribution in [0.2, 0.25) is 0 Å². The minimum atomic E-state index is -2.39. The van der Waals surface area contributed by atoms with Gasteiger partial charge in [-0.1, -0.05) is 0 Å². The Morgan fingerprint density at radius 3 is 2.31 bits per heavy atom. The molecule has 2 N–H and O–H groups in total. The van der Waals surface area contributed by atoms with Gasteiger partial charge in [-0.15, -0.1) is 12.4 Å². The molecule has 0 saturated carbocycles. The molecule has 1 rings (SSSR count). The molecule has 6 heteroatoms. The van der Waals surface area contributed by atoms with Gasteiger partial charge < -0.3 is 5.73 Å². The van der Waals surface area contributed by atoms with Gasteiger partial charge in [-0.25, -0.2) is 8.78 Å². The first-order chi connectivity index (χ1) is 5.52. The fraction of sp³-hybridized carbons (Fsp3) is 0.571. The normalized spacial score (nSPS) is 10.2. The summed E-state index contributed by atoms with van der Waals surface area (Å²) in [5.74, 6) is 0. The average molecular weight is 212 g/mol. The van der Waals surface area contributed by atoms with Gasteiger partial charge in [-0.3, -0.25) is 4.68 Å². The van der Waals surface area contributed by atoms with E-state index in [0.717, 1.165) is 0 Å². The highest BCUT2D eigenvalue weighted by atomic mass is 35.5. The predicted molar refractivity (Wildman–Crippen MR) is 49.4 cm³/mol. The standard InChI is InChI=1S/C7H11F2N3.ClH/c1-4-7(10)5(2)12(11-4)3-6(8)9;/h6H,3,10H2,1-2H3;1H. The lowest BCUT2D eigenvalue weighted by molar-refractivity contribution is 0.121. The second-order valence-electron chi connectivity index (χ2n) is 2.66. The van der Waals surface area contributed by atoms with Crippen LogP contribution in [0.5, 0.6) is 0 Å². The Labute approximate surface area is 81.3 Å². The summed E-state index contributed by atoms with van der Waals surface area (Å²) in [6, 6.07) is 0. The highest BCUT2D eigenvalue weighted by Crippen LogP contribution is 2.15. The van der Waals surface area contributed by atoms with E-state index in [-0.39, 0.29) is 19.0 Å². The number of nitrogens with two attached hydrogens (primary N) is 1. The van der Waals surface area contributed by atoms with Crippen molar-refractivity contribution in [2.75, 3.05) is 5.73 Å². The van der Waals surface area contributed by atoms with Gasteiger partial charge in [0.05, 0.1) is 17.1 Å². The number of nitrogen functional groups attached to an aromatic ring is 1. The van der Waals surface area contributed by atoms with Gasteiger partial charge in [0.25, 0.3) is 6.43 Å². The van der Waals surface area contributed by atoms with Crippen LogP contribution in [0.25, 0.3) is 0 Å². The lowest BCUT2D eigenvalue weighted by Crippen LogP contribution is -2.09. The number of aryl methyl sites for hydroxylation is 1. The number of nitrogens with zero attached hydrogens (tertiary/aromatic N) is 2. The number of hydrogen-bond acceptors (Lipinski definition) is 2. The van der Waals surface area contributed by atoms with Crippen molar-refractivity contribution in [3.63, 3.8) is 0 Å². The molecule has 0 aliphatic heterocycles. The molecule has 0 bridgehead atoms. The van der Waals surface area contributed by atoms with Crippen LogP contribution in [0.15, 0.2) is 0 Å². The van der Waals surface area contributed by atoms with Crippen molar-refractivity contribution in [2.24, 2.45) is 0 Å². The third kappa shape index (κ3) is 2.55. The SMILES string of the molecule is Cc1nn(CC(F)F)c(C)c1N.Cl. The maximum absolute atomic E-state index is 11.9. The van der Waals surface area contributed by atoms with E-state index in [2.05, 4.69) is 5.10 Å². The van der Waals surface area contributed by atoms with Crippen molar-refractivity contribution >= 4 is 18.1 Å². The number of alkyl halides is 2. The van der Waals surface area contributed by atoms with Crippen LogP contribution >= 0.6 is 12.4 Å². The fourth-order valence-electron chi connectivity index (χ4n) is 1.02. The van der Waals surface area contributed by atoms with E-state index in [4.69, 9.17) is 5.73 Å². The lowest BCUT2D eigenvalue weighted by Gasteiger charge is -2.01. The molecule has 0 amide bonds. The molecule has 0 atom stereocenters. The Balaban J connectivity index is 0.00000144. The molecule has 0 fully saturated rings. The predicted octanol–water partition coefficient (Wildman–Crippen LogP) is 1.77. The summed E-state index contributed by atoms with van der Waals surface area (Å²) in [5, 5.41) is 3.86. The molecule has 0 saturated heterocycles. The van der Waals surface area contributed by atoms with Crippen LogP contribution < -0.4 is 5.73 Å². The van der Waals surface area contributed by atoms with Gasteiger partial charge in [-0.05, 0) is 13.8 Å². The zero-order valence-corrected chi connectivity index (χ0v) is 8.24. The molecular formula is C7H12ClF2N3. The Morgan fingerprint density at radius 2 is 2.00 bits per heavy atom. The molecule has 0 radical (unpaired) electrons. The largest absolute Gasteiger partial charge is 0.396 e. The molecular weight excluding hydrogens is 200 g/mol. The van der Waals surface area contributed by atoms with E-state index in [0.29, 0.717) is 17.1 Å². The molecule has 1 aromatic heterocycles. The summed E-state index contributed by atoms with van der Waals surface area (Å²) in [6.45, 7) is 2.99. The van der Waals surface area contributed by atoms with Crippen LogP contribution in [0.1, 0.15) is 11.4 Å².